The smallest absolute Gasteiger partial charge is 0.358 e. The van der Waals surface area contributed by atoms with E-state index in [4.69, 9.17) is 5.11 Å². The van der Waals surface area contributed by atoms with Crippen molar-refractivity contribution in [2.75, 3.05) is 13.1 Å². The summed E-state index contributed by atoms with van der Waals surface area (Å²) < 4.78 is 1.61. The lowest BCUT2D eigenvalue weighted by molar-refractivity contribution is 0.0690. The average molecular weight is 238 g/mol. The number of likely N-dealkylation sites (tertiary alicyclic amines) is 1. The van der Waals surface area contributed by atoms with Gasteiger partial charge in [0.1, 0.15) is 0 Å². The van der Waals surface area contributed by atoms with Gasteiger partial charge in [-0.3, -0.25) is 9.58 Å². The van der Waals surface area contributed by atoms with Crippen molar-refractivity contribution < 1.29 is 9.90 Å². The number of carboxylic acids is 1. The van der Waals surface area contributed by atoms with Crippen LogP contribution in [0.5, 0.6) is 0 Å². The topological polar surface area (TPSA) is 71.2 Å². The van der Waals surface area contributed by atoms with Gasteiger partial charge in [0.05, 0.1) is 12.7 Å². The number of rotatable bonds is 4. The Bertz CT molecular complexity index is 385. The van der Waals surface area contributed by atoms with Gasteiger partial charge in [0.25, 0.3) is 0 Å². The van der Waals surface area contributed by atoms with E-state index in [-0.39, 0.29) is 5.69 Å². The van der Waals surface area contributed by atoms with Crippen molar-refractivity contribution in [2.24, 2.45) is 0 Å². The average Bonchev–Trinajstić information content (AvgIpc) is 2.79. The van der Waals surface area contributed by atoms with Crippen LogP contribution in [-0.4, -0.2) is 50.1 Å². The SMILES string of the molecule is CC(Cn1cc(C(=O)O)nn1)N1CCCCC1. The summed E-state index contributed by atoms with van der Waals surface area (Å²) in [5.41, 5.74) is 0.0100. The fourth-order valence-corrected chi connectivity index (χ4v) is 2.23. The molecule has 1 aliphatic rings. The third kappa shape index (κ3) is 3.03. The molecule has 0 aliphatic carbocycles. The van der Waals surface area contributed by atoms with Crippen LogP contribution in [0.25, 0.3) is 0 Å². The van der Waals surface area contributed by atoms with Crippen molar-refractivity contribution in [2.45, 2.75) is 38.8 Å². The fraction of sp³-hybridized carbons (Fsp3) is 0.727. The van der Waals surface area contributed by atoms with Crippen molar-refractivity contribution in [3.63, 3.8) is 0 Å². The van der Waals surface area contributed by atoms with E-state index < -0.39 is 5.97 Å². The lowest BCUT2D eigenvalue weighted by Gasteiger charge is -2.32. The van der Waals surface area contributed by atoms with Crippen molar-refractivity contribution in [1.29, 1.82) is 0 Å². The van der Waals surface area contributed by atoms with Gasteiger partial charge in [-0.05, 0) is 32.9 Å². The molecule has 2 rings (SSSR count). The van der Waals surface area contributed by atoms with E-state index in [0.717, 1.165) is 13.1 Å². The van der Waals surface area contributed by atoms with Crippen LogP contribution in [0.2, 0.25) is 0 Å². The van der Waals surface area contributed by atoms with Gasteiger partial charge in [0.2, 0.25) is 0 Å². The molecule has 17 heavy (non-hydrogen) atoms. The van der Waals surface area contributed by atoms with Crippen molar-refractivity contribution in [1.82, 2.24) is 19.9 Å². The second-order valence-corrected chi connectivity index (χ2v) is 4.58. The maximum Gasteiger partial charge on any atom is 0.358 e. The predicted octanol–water partition coefficient (Wildman–Crippen LogP) is 0.851. The summed E-state index contributed by atoms with van der Waals surface area (Å²) in [6, 6.07) is 0.374. The zero-order valence-electron chi connectivity index (χ0n) is 10.0. The number of aromatic carboxylic acids is 1. The Hall–Kier alpha value is -1.43. The normalized spacial score (nSPS) is 19.1. The van der Waals surface area contributed by atoms with E-state index in [1.165, 1.54) is 25.5 Å². The van der Waals surface area contributed by atoms with Crippen molar-refractivity contribution in [3.05, 3.63) is 11.9 Å². The van der Waals surface area contributed by atoms with E-state index in [0.29, 0.717) is 12.6 Å². The highest BCUT2D eigenvalue weighted by Crippen LogP contribution is 2.12. The zero-order valence-corrected chi connectivity index (χ0v) is 10.0. The monoisotopic (exact) mass is 238 g/mol. The third-order valence-electron chi connectivity index (χ3n) is 3.22. The molecule has 0 saturated carbocycles. The number of carbonyl (C=O) groups is 1. The highest BCUT2D eigenvalue weighted by Gasteiger charge is 2.18. The van der Waals surface area contributed by atoms with Crippen LogP contribution in [0, 0.1) is 0 Å². The maximum atomic E-state index is 10.7. The predicted molar refractivity (Wildman–Crippen MR) is 61.9 cm³/mol. The van der Waals surface area contributed by atoms with Crippen LogP contribution >= 0.6 is 0 Å². The van der Waals surface area contributed by atoms with Gasteiger partial charge < -0.3 is 5.11 Å². The van der Waals surface area contributed by atoms with E-state index in [2.05, 4.69) is 22.1 Å². The first-order chi connectivity index (χ1) is 8.16. The van der Waals surface area contributed by atoms with Crippen LogP contribution in [0.1, 0.15) is 36.7 Å². The van der Waals surface area contributed by atoms with Gasteiger partial charge in [-0.25, -0.2) is 4.79 Å². The Labute approximate surface area is 100 Å². The van der Waals surface area contributed by atoms with E-state index in [1.54, 1.807) is 4.68 Å². The zero-order chi connectivity index (χ0) is 12.3. The molecule has 0 radical (unpaired) electrons. The van der Waals surface area contributed by atoms with E-state index in [9.17, 15) is 4.79 Å². The van der Waals surface area contributed by atoms with Crippen molar-refractivity contribution in [3.8, 4) is 0 Å². The third-order valence-corrected chi connectivity index (χ3v) is 3.22. The molecule has 1 aromatic heterocycles. The molecule has 6 heteroatoms. The molecule has 6 nitrogen and oxygen atoms in total. The molecule has 1 N–H and O–H groups in total. The quantitative estimate of drug-likeness (QED) is 0.842. The number of aromatic nitrogens is 3. The summed E-state index contributed by atoms with van der Waals surface area (Å²) in [5.74, 6) is -1.03. The van der Waals surface area contributed by atoms with Crippen molar-refractivity contribution >= 4 is 5.97 Å². The second-order valence-electron chi connectivity index (χ2n) is 4.58. The minimum Gasteiger partial charge on any atom is -0.476 e. The number of hydrogen-bond acceptors (Lipinski definition) is 4. The molecule has 2 heterocycles. The molecular weight excluding hydrogens is 220 g/mol. The van der Waals surface area contributed by atoms with E-state index in [1.807, 2.05) is 0 Å². The van der Waals surface area contributed by atoms with Gasteiger partial charge >= 0.3 is 5.97 Å². The first-order valence-corrected chi connectivity index (χ1v) is 6.04. The summed E-state index contributed by atoms with van der Waals surface area (Å²) in [4.78, 5) is 13.1. The second kappa shape index (κ2) is 5.27. The standard InChI is InChI=1S/C11H18N4O2/c1-9(14-5-3-2-4-6-14)7-15-8-10(11(16)17)12-13-15/h8-9H,2-7H2,1H3,(H,16,17). The molecule has 1 saturated heterocycles. The minimum atomic E-state index is -1.03. The maximum absolute atomic E-state index is 10.7. The van der Waals surface area contributed by atoms with Gasteiger partial charge in [-0.2, -0.15) is 0 Å². The van der Waals surface area contributed by atoms with Crippen LogP contribution in [0.4, 0.5) is 0 Å². The Morgan fingerprint density at radius 3 is 2.76 bits per heavy atom. The lowest BCUT2D eigenvalue weighted by atomic mass is 10.1. The minimum absolute atomic E-state index is 0.0100. The van der Waals surface area contributed by atoms with Crippen LogP contribution in [0.15, 0.2) is 6.20 Å². The number of hydrogen-bond donors (Lipinski definition) is 1. The Balaban J connectivity index is 1.92. The molecule has 1 fully saturated rings. The summed E-state index contributed by atoms with van der Waals surface area (Å²) in [6.07, 6.45) is 5.31. The highest BCUT2D eigenvalue weighted by atomic mass is 16.4. The first-order valence-electron chi connectivity index (χ1n) is 6.04. The highest BCUT2D eigenvalue weighted by molar-refractivity contribution is 5.84. The summed E-state index contributed by atoms with van der Waals surface area (Å²) >= 11 is 0. The molecular formula is C11H18N4O2. The number of piperidine rings is 1. The largest absolute Gasteiger partial charge is 0.476 e. The molecule has 1 unspecified atom stereocenters. The summed E-state index contributed by atoms with van der Waals surface area (Å²) in [7, 11) is 0. The molecule has 0 aromatic carbocycles. The summed E-state index contributed by atoms with van der Waals surface area (Å²) in [5, 5.41) is 16.2. The molecule has 1 aliphatic heterocycles. The molecule has 0 amide bonds. The Kier molecular flexibility index (Phi) is 3.73. The van der Waals surface area contributed by atoms with Crippen LogP contribution in [-0.2, 0) is 6.54 Å². The lowest BCUT2D eigenvalue weighted by Crippen LogP contribution is -2.39. The number of nitrogens with zero attached hydrogens (tertiary/aromatic N) is 4. The molecule has 1 atom stereocenters. The van der Waals surface area contributed by atoms with E-state index >= 15 is 0 Å². The Morgan fingerprint density at radius 2 is 2.18 bits per heavy atom. The van der Waals surface area contributed by atoms with Gasteiger partial charge in [0, 0.05) is 6.04 Å². The molecule has 94 valence electrons. The Morgan fingerprint density at radius 1 is 1.47 bits per heavy atom. The van der Waals surface area contributed by atoms with Gasteiger partial charge in [-0.1, -0.05) is 11.6 Å². The first kappa shape index (κ1) is 12.0. The van der Waals surface area contributed by atoms with Gasteiger partial charge in [-0.15, -0.1) is 5.10 Å². The van der Waals surface area contributed by atoms with Gasteiger partial charge in [0.15, 0.2) is 5.69 Å². The number of carboxylic acid groups (broad SMARTS) is 1. The molecule has 1 aromatic rings. The molecule has 0 spiro atoms. The van der Waals surface area contributed by atoms with Crippen LogP contribution < -0.4 is 0 Å². The summed E-state index contributed by atoms with van der Waals surface area (Å²) in [6.45, 7) is 5.09. The van der Waals surface area contributed by atoms with Crippen LogP contribution in [0.3, 0.4) is 0 Å². The fourth-order valence-electron chi connectivity index (χ4n) is 2.23. The molecule has 0 bridgehead atoms.